The van der Waals surface area contributed by atoms with E-state index in [2.05, 4.69) is 17.4 Å². The van der Waals surface area contributed by atoms with Crippen LogP contribution in [0.25, 0.3) is 0 Å². The van der Waals surface area contributed by atoms with Gasteiger partial charge in [0, 0.05) is 5.92 Å². The number of benzene rings is 2. The third kappa shape index (κ3) is 3.25. The van der Waals surface area contributed by atoms with Crippen LogP contribution >= 0.6 is 0 Å². The van der Waals surface area contributed by atoms with Crippen molar-refractivity contribution in [3.8, 4) is 5.75 Å². The number of hydrogen-bond donors (Lipinski definition) is 2. The molecule has 0 heterocycles. The molecule has 24 heavy (non-hydrogen) atoms. The molecule has 5 nitrogen and oxygen atoms in total. The Morgan fingerprint density at radius 3 is 2.62 bits per heavy atom. The predicted molar refractivity (Wildman–Crippen MR) is 90.5 cm³/mol. The lowest BCUT2D eigenvalue weighted by Gasteiger charge is -2.24. The monoisotopic (exact) mass is 325 g/mol. The maximum absolute atomic E-state index is 12.6. The number of aromatic carboxylic acids is 1. The van der Waals surface area contributed by atoms with Crippen LogP contribution in [-0.2, 0) is 17.6 Å². The van der Waals surface area contributed by atoms with E-state index in [1.807, 2.05) is 12.1 Å². The molecule has 2 N–H and O–H groups in total. The largest absolute Gasteiger partial charge is 0.495 e. The lowest BCUT2D eigenvalue weighted by atomic mass is 9.83. The zero-order chi connectivity index (χ0) is 17.1. The summed E-state index contributed by atoms with van der Waals surface area (Å²) in [4.78, 5) is 23.6. The number of fused-ring (bicyclic) bond motifs is 1. The molecule has 0 radical (unpaired) electrons. The van der Waals surface area contributed by atoms with Gasteiger partial charge in [0.2, 0.25) is 5.91 Å². The van der Waals surface area contributed by atoms with Gasteiger partial charge in [0.1, 0.15) is 5.75 Å². The predicted octanol–water partition coefficient (Wildman–Crippen LogP) is 3.14. The van der Waals surface area contributed by atoms with Crippen molar-refractivity contribution in [1.82, 2.24) is 0 Å². The van der Waals surface area contributed by atoms with Crippen LogP contribution < -0.4 is 10.1 Å². The fourth-order valence-corrected chi connectivity index (χ4v) is 3.08. The Balaban J connectivity index is 1.75. The number of rotatable bonds is 4. The average molecular weight is 325 g/mol. The molecular weight excluding hydrogens is 306 g/mol. The molecule has 0 fully saturated rings. The van der Waals surface area contributed by atoms with Crippen molar-refractivity contribution in [2.75, 3.05) is 12.4 Å². The summed E-state index contributed by atoms with van der Waals surface area (Å²) in [7, 11) is 1.45. The van der Waals surface area contributed by atoms with E-state index in [-0.39, 0.29) is 17.4 Å². The first kappa shape index (κ1) is 16.1. The lowest BCUT2D eigenvalue weighted by Crippen LogP contribution is -2.28. The Morgan fingerprint density at radius 2 is 1.92 bits per heavy atom. The van der Waals surface area contributed by atoms with E-state index in [1.165, 1.54) is 30.4 Å². The summed E-state index contributed by atoms with van der Waals surface area (Å²) in [6.07, 6.45) is 2.42. The van der Waals surface area contributed by atoms with Crippen molar-refractivity contribution >= 4 is 17.6 Å². The fraction of sp³-hybridized carbons (Fsp3) is 0.263. The van der Waals surface area contributed by atoms with Crippen LogP contribution in [0.4, 0.5) is 5.69 Å². The highest BCUT2D eigenvalue weighted by Crippen LogP contribution is 2.29. The average Bonchev–Trinajstić information content (AvgIpc) is 2.61. The van der Waals surface area contributed by atoms with Gasteiger partial charge < -0.3 is 15.2 Å². The van der Waals surface area contributed by atoms with E-state index in [4.69, 9.17) is 9.84 Å². The van der Waals surface area contributed by atoms with E-state index in [1.54, 1.807) is 6.07 Å². The molecule has 1 unspecified atom stereocenters. The minimum atomic E-state index is -1.03. The Morgan fingerprint density at radius 1 is 1.17 bits per heavy atom. The van der Waals surface area contributed by atoms with Crippen LogP contribution in [-0.4, -0.2) is 24.1 Å². The summed E-state index contributed by atoms with van der Waals surface area (Å²) < 4.78 is 5.20. The Hall–Kier alpha value is -2.82. The lowest BCUT2D eigenvalue weighted by molar-refractivity contribution is -0.120. The first-order valence-corrected chi connectivity index (χ1v) is 7.87. The zero-order valence-electron chi connectivity index (χ0n) is 13.4. The molecule has 0 spiro atoms. The second-order valence-corrected chi connectivity index (χ2v) is 5.92. The van der Waals surface area contributed by atoms with Gasteiger partial charge in [0.25, 0.3) is 0 Å². The standard InChI is InChI=1S/C19H19NO4/c1-24-17-11-15(19(22)23)8-9-16(17)20-18(21)14-7-6-12-4-2-3-5-13(12)10-14/h2-5,8-9,11,14H,6-7,10H2,1H3,(H,20,21)(H,22,23). The fourth-order valence-electron chi connectivity index (χ4n) is 3.08. The number of nitrogens with one attached hydrogen (secondary N) is 1. The molecule has 1 aliphatic carbocycles. The summed E-state index contributed by atoms with van der Waals surface area (Å²) in [6.45, 7) is 0. The van der Waals surface area contributed by atoms with E-state index in [0.717, 1.165) is 19.3 Å². The van der Waals surface area contributed by atoms with Gasteiger partial charge in [-0.2, -0.15) is 0 Å². The number of amides is 1. The highest BCUT2D eigenvalue weighted by molar-refractivity contribution is 5.96. The number of ether oxygens (including phenoxy) is 1. The maximum Gasteiger partial charge on any atom is 0.335 e. The van der Waals surface area contributed by atoms with Gasteiger partial charge >= 0.3 is 5.97 Å². The molecule has 0 aliphatic heterocycles. The Labute approximate surface area is 140 Å². The molecule has 0 saturated heterocycles. The van der Waals surface area contributed by atoms with Crippen LogP contribution in [0.2, 0.25) is 0 Å². The first-order valence-electron chi connectivity index (χ1n) is 7.87. The van der Waals surface area contributed by atoms with Crippen molar-refractivity contribution in [3.63, 3.8) is 0 Å². The van der Waals surface area contributed by atoms with Crippen molar-refractivity contribution < 1.29 is 19.4 Å². The van der Waals surface area contributed by atoms with Crippen molar-refractivity contribution in [3.05, 3.63) is 59.2 Å². The minimum Gasteiger partial charge on any atom is -0.495 e. The summed E-state index contributed by atoms with van der Waals surface area (Å²) in [5, 5.41) is 11.9. The third-order valence-electron chi connectivity index (χ3n) is 4.42. The van der Waals surface area contributed by atoms with Crippen LogP contribution in [0.1, 0.15) is 27.9 Å². The normalized spacial score (nSPS) is 16.1. The number of anilines is 1. The van der Waals surface area contributed by atoms with Crippen molar-refractivity contribution in [2.24, 2.45) is 5.92 Å². The highest BCUT2D eigenvalue weighted by atomic mass is 16.5. The van der Waals surface area contributed by atoms with Crippen LogP contribution in [0, 0.1) is 5.92 Å². The highest BCUT2D eigenvalue weighted by Gasteiger charge is 2.25. The van der Waals surface area contributed by atoms with Crippen molar-refractivity contribution in [2.45, 2.75) is 19.3 Å². The Bertz CT molecular complexity index is 785. The maximum atomic E-state index is 12.6. The van der Waals surface area contributed by atoms with E-state index < -0.39 is 5.97 Å². The Kier molecular flexibility index (Phi) is 4.51. The molecule has 2 aromatic carbocycles. The van der Waals surface area contributed by atoms with Crippen LogP contribution in [0.3, 0.4) is 0 Å². The zero-order valence-corrected chi connectivity index (χ0v) is 13.4. The van der Waals surface area contributed by atoms with Crippen LogP contribution in [0.15, 0.2) is 42.5 Å². The van der Waals surface area contributed by atoms with Gasteiger partial charge in [0.15, 0.2) is 0 Å². The molecule has 3 rings (SSSR count). The van der Waals surface area contributed by atoms with Gasteiger partial charge in [-0.3, -0.25) is 4.79 Å². The molecule has 1 atom stereocenters. The smallest absolute Gasteiger partial charge is 0.335 e. The van der Waals surface area contributed by atoms with Gasteiger partial charge in [-0.25, -0.2) is 4.79 Å². The summed E-state index contributed by atoms with van der Waals surface area (Å²) in [5.41, 5.74) is 3.14. The molecule has 0 saturated carbocycles. The second-order valence-electron chi connectivity index (χ2n) is 5.92. The molecule has 1 aliphatic rings. The summed E-state index contributed by atoms with van der Waals surface area (Å²) in [6, 6.07) is 12.6. The number of aryl methyl sites for hydroxylation is 1. The van der Waals surface area contributed by atoms with E-state index >= 15 is 0 Å². The number of carboxylic acids is 1. The molecular formula is C19H19NO4. The third-order valence-corrected chi connectivity index (χ3v) is 4.42. The van der Waals surface area contributed by atoms with Gasteiger partial charge in [-0.05, 0) is 48.6 Å². The number of carbonyl (C=O) groups is 2. The number of hydrogen-bond acceptors (Lipinski definition) is 3. The quantitative estimate of drug-likeness (QED) is 0.905. The number of methoxy groups -OCH3 is 1. The molecule has 0 aromatic heterocycles. The molecule has 5 heteroatoms. The SMILES string of the molecule is COc1cc(C(=O)O)ccc1NC(=O)C1CCc2ccccc2C1. The molecule has 2 aromatic rings. The van der Waals surface area contributed by atoms with Crippen molar-refractivity contribution in [1.29, 1.82) is 0 Å². The van der Waals surface area contributed by atoms with Gasteiger partial charge in [0.05, 0.1) is 18.4 Å². The molecule has 1 amide bonds. The van der Waals surface area contributed by atoms with E-state index in [0.29, 0.717) is 11.4 Å². The number of carbonyl (C=O) groups excluding carboxylic acids is 1. The second kappa shape index (κ2) is 6.74. The number of carboxylic acid groups (broad SMARTS) is 1. The van der Waals surface area contributed by atoms with E-state index in [9.17, 15) is 9.59 Å². The topological polar surface area (TPSA) is 75.6 Å². The summed E-state index contributed by atoms with van der Waals surface area (Å²) >= 11 is 0. The summed E-state index contributed by atoms with van der Waals surface area (Å²) in [5.74, 6) is -0.843. The van der Waals surface area contributed by atoms with Gasteiger partial charge in [-0.15, -0.1) is 0 Å². The molecule has 0 bridgehead atoms. The first-order chi connectivity index (χ1) is 11.6. The minimum absolute atomic E-state index is 0.0640. The van der Waals surface area contributed by atoms with Crippen LogP contribution in [0.5, 0.6) is 5.75 Å². The van der Waals surface area contributed by atoms with Gasteiger partial charge in [-0.1, -0.05) is 24.3 Å². The molecule has 124 valence electrons.